The van der Waals surface area contributed by atoms with Crippen LogP contribution in [-0.4, -0.2) is 41.9 Å². The van der Waals surface area contributed by atoms with Crippen molar-refractivity contribution in [2.75, 3.05) is 6.54 Å². The van der Waals surface area contributed by atoms with Gasteiger partial charge in [-0.1, -0.05) is 24.3 Å². The van der Waals surface area contributed by atoms with Crippen molar-refractivity contribution in [2.24, 2.45) is 4.99 Å². The lowest BCUT2D eigenvalue weighted by Crippen LogP contribution is -2.37. The van der Waals surface area contributed by atoms with Crippen molar-refractivity contribution in [2.45, 2.75) is 20.0 Å². The molecule has 0 aliphatic heterocycles. The Morgan fingerprint density at radius 2 is 1.82 bits per heavy atom. The zero-order chi connectivity index (χ0) is 19.2. The van der Waals surface area contributed by atoms with Gasteiger partial charge >= 0.3 is 0 Å². The number of fused-ring (bicyclic) bond motifs is 1. The highest BCUT2D eigenvalue weighted by molar-refractivity contribution is 5.79. The highest BCUT2D eigenvalue weighted by atomic mass is 15.3. The van der Waals surface area contributed by atoms with Crippen LogP contribution in [0.1, 0.15) is 18.6 Å². The molecule has 0 aliphatic rings. The van der Waals surface area contributed by atoms with Gasteiger partial charge in [0.05, 0.1) is 6.54 Å². The van der Waals surface area contributed by atoms with E-state index in [2.05, 4.69) is 36.0 Å². The van der Waals surface area contributed by atoms with Crippen LogP contribution in [0.3, 0.4) is 0 Å². The van der Waals surface area contributed by atoms with Crippen molar-refractivity contribution in [3.8, 4) is 5.69 Å². The Morgan fingerprint density at radius 3 is 2.68 bits per heavy atom. The van der Waals surface area contributed by atoms with Crippen LogP contribution in [0.5, 0.6) is 0 Å². The van der Waals surface area contributed by atoms with E-state index in [0.717, 1.165) is 29.5 Å². The average molecular weight is 375 g/mol. The standard InChI is InChI=1S/C19H21N9/c1-2-20-19(22-13-18-26-25-16-10-6-7-11-27(16)18)21-12-17-24-23-14-28(17)15-8-4-3-5-9-15/h3-11,14H,2,12-13H2,1H3,(H2,20,21,22). The number of hydrogen-bond acceptors (Lipinski definition) is 5. The first-order valence-corrected chi connectivity index (χ1v) is 9.10. The van der Waals surface area contributed by atoms with Crippen LogP contribution < -0.4 is 10.6 Å². The third-order valence-electron chi connectivity index (χ3n) is 4.17. The number of aromatic nitrogens is 6. The fourth-order valence-corrected chi connectivity index (χ4v) is 2.84. The topological polar surface area (TPSA) is 97.3 Å². The molecule has 0 amide bonds. The number of nitrogens with zero attached hydrogens (tertiary/aromatic N) is 7. The molecule has 28 heavy (non-hydrogen) atoms. The zero-order valence-corrected chi connectivity index (χ0v) is 15.5. The minimum Gasteiger partial charge on any atom is -0.357 e. The summed E-state index contributed by atoms with van der Waals surface area (Å²) in [6.07, 6.45) is 3.64. The molecule has 0 fully saturated rings. The summed E-state index contributed by atoms with van der Waals surface area (Å²) in [5.41, 5.74) is 1.82. The monoisotopic (exact) mass is 375 g/mol. The smallest absolute Gasteiger partial charge is 0.192 e. The molecule has 0 bridgehead atoms. The van der Waals surface area contributed by atoms with E-state index in [4.69, 9.17) is 0 Å². The summed E-state index contributed by atoms with van der Waals surface area (Å²) in [4.78, 5) is 4.64. The molecular weight excluding hydrogens is 354 g/mol. The number of nitrogens with one attached hydrogen (secondary N) is 2. The molecule has 9 nitrogen and oxygen atoms in total. The molecule has 3 heterocycles. The third-order valence-corrected chi connectivity index (χ3v) is 4.17. The molecule has 3 aromatic heterocycles. The summed E-state index contributed by atoms with van der Waals surface area (Å²) in [5, 5.41) is 23.2. The van der Waals surface area contributed by atoms with Gasteiger partial charge in [0.15, 0.2) is 23.3 Å². The predicted octanol–water partition coefficient (Wildman–Crippen LogP) is 1.57. The van der Waals surface area contributed by atoms with E-state index in [1.54, 1.807) is 6.33 Å². The van der Waals surface area contributed by atoms with Gasteiger partial charge in [0.1, 0.15) is 12.9 Å². The van der Waals surface area contributed by atoms with Crippen LogP contribution in [-0.2, 0) is 13.1 Å². The summed E-state index contributed by atoms with van der Waals surface area (Å²) in [6.45, 7) is 3.67. The second kappa shape index (κ2) is 8.30. The molecule has 2 N–H and O–H groups in total. The molecule has 9 heteroatoms. The Morgan fingerprint density at radius 1 is 0.964 bits per heavy atom. The van der Waals surface area contributed by atoms with Gasteiger partial charge in [0.2, 0.25) is 0 Å². The first-order valence-electron chi connectivity index (χ1n) is 9.10. The number of hydrogen-bond donors (Lipinski definition) is 2. The van der Waals surface area contributed by atoms with Crippen molar-refractivity contribution in [1.82, 2.24) is 40.0 Å². The molecular formula is C19H21N9. The van der Waals surface area contributed by atoms with Crippen LogP contribution in [0.15, 0.2) is 66.0 Å². The molecule has 0 spiro atoms. The number of para-hydroxylation sites is 1. The summed E-state index contributed by atoms with van der Waals surface area (Å²) in [5.74, 6) is 2.25. The first kappa shape index (κ1) is 17.7. The Bertz CT molecular complexity index is 1070. The van der Waals surface area contributed by atoms with Crippen molar-refractivity contribution < 1.29 is 0 Å². The van der Waals surface area contributed by atoms with E-state index in [9.17, 15) is 0 Å². The number of aliphatic imine (C=N–C) groups is 1. The number of pyridine rings is 1. The van der Waals surface area contributed by atoms with Crippen molar-refractivity contribution in [3.63, 3.8) is 0 Å². The molecule has 4 aromatic rings. The Hall–Kier alpha value is -3.75. The molecule has 0 atom stereocenters. The highest BCUT2D eigenvalue weighted by Gasteiger charge is 2.08. The van der Waals surface area contributed by atoms with Gasteiger partial charge in [-0.3, -0.25) is 8.97 Å². The number of guanidine groups is 1. The summed E-state index contributed by atoms with van der Waals surface area (Å²) >= 11 is 0. The molecule has 142 valence electrons. The van der Waals surface area contributed by atoms with E-state index in [0.29, 0.717) is 19.0 Å². The first-order chi connectivity index (χ1) is 13.8. The van der Waals surface area contributed by atoms with E-state index in [1.807, 2.05) is 70.6 Å². The quantitative estimate of drug-likeness (QED) is 0.392. The fourth-order valence-electron chi connectivity index (χ4n) is 2.84. The van der Waals surface area contributed by atoms with Gasteiger partial charge in [0.25, 0.3) is 0 Å². The Balaban J connectivity index is 1.48. The number of benzene rings is 1. The molecule has 0 saturated carbocycles. The van der Waals surface area contributed by atoms with Crippen LogP contribution >= 0.6 is 0 Å². The molecule has 0 radical (unpaired) electrons. The second-order valence-electron chi connectivity index (χ2n) is 6.05. The summed E-state index contributed by atoms with van der Waals surface area (Å²) in [6, 6.07) is 15.8. The normalized spacial score (nSPS) is 11.7. The van der Waals surface area contributed by atoms with E-state index >= 15 is 0 Å². The lowest BCUT2D eigenvalue weighted by molar-refractivity contribution is 0.757. The van der Waals surface area contributed by atoms with Crippen LogP contribution in [0.25, 0.3) is 11.3 Å². The lowest BCUT2D eigenvalue weighted by Gasteiger charge is -2.11. The zero-order valence-electron chi connectivity index (χ0n) is 15.5. The minimum absolute atomic E-state index is 0.394. The maximum atomic E-state index is 4.64. The second-order valence-corrected chi connectivity index (χ2v) is 6.05. The molecule has 0 saturated heterocycles. The fraction of sp³-hybridized carbons (Fsp3) is 0.211. The van der Waals surface area contributed by atoms with Crippen LogP contribution in [0, 0.1) is 0 Å². The van der Waals surface area contributed by atoms with Crippen molar-refractivity contribution in [3.05, 3.63) is 72.7 Å². The Labute approximate surface area is 162 Å². The summed E-state index contributed by atoms with van der Waals surface area (Å²) < 4.78 is 3.88. The van der Waals surface area contributed by atoms with Gasteiger partial charge < -0.3 is 10.6 Å². The van der Waals surface area contributed by atoms with Gasteiger partial charge in [-0.05, 0) is 31.2 Å². The molecule has 0 unspecified atom stereocenters. The van der Waals surface area contributed by atoms with Gasteiger partial charge in [-0.2, -0.15) is 0 Å². The van der Waals surface area contributed by atoms with Crippen molar-refractivity contribution in [1.29, 1.82) is 0 Å². The van der Waals surface area contributed by atoms with E-state index < -0.39 is 0 Å². The largest absolute Gasteiger partial charge is 0.357 e. The lowest BCUT2D eigenvalue weighted by atomic mass is 10.3. The predicted molar refractivity (Wildman–Crippen MR) is 106 cm³/mol. The molecule has 4 rings (SSSR count). The molecule has 0 aliphatic carbocycles. The van der Waals surface area contributed by atoms with Crippen LogP contribution in [0.4, 0.5) is 0 Å². The van der Waals surface area contributed by atoms with E-state index in [-0.39, 0.29) is 0 Å². The van der Waals surface area contributed by atoms with Crippen LogP contribution in [0.2, 0.25) is 0 Å². The van der Waals surface area contributed by atoms with E-state index in [1.165, 1.54) is 0 Å². The highest BCUT2D eigenvalue weighted by Crippen LogP contribution is 2.09. The maximum Gasteiger partial charge on any atom is 0.192 e. The van der Waals surface area contributed by atoms with Gasteiger partial charge in [-0.25, -0.2) is 4.99 Å². The Kier molecular flexibility index (Phi) is 5.23. The van der Waals surface area contributed by atoms with Gasteiger partial charge in [0, 0.05) is 18.4 Å². The third kappa shape index (κ3) is 3.83. The number of rotatable bonds is 6. The maximum absolute atomic E-state index is 4.64. The van der Waals surface area contributed by atoms with Gasteiger partial charge in [-0.15, -0.1) is 20.4 Å². The average Bonchev–Trinajstić information content (AvgIpc) is 3.38. The van der Waals surface area contributed by atoms with Crippen molar-refractivity contribution >= 4 is 11.6 Å². The minimum atomic E-state index is 0.394. The molecule has 1 aromatic carbocycles. The summed E-state index contributed by atoms with van der Waals surface area (Å²) in [7, 11) is 0. The SMILES string of the molecule is CCNC(=NCc1nncn1-c1ccccc1)NCc1nnc2ccccn12.